The second-order valence-corrected chi connectivity index (χ2v) is 13.4. The van der Waals surface area contributed by atoms with Crippen molar-refractivity contribution in [1.29, 1.82) is 0 Å². The molecule has 2 aromatic carbocycles. The number of carbonyl (C=O) groups excluding carboxylic acids is 1. The first-order chi connectivity index (χ1) is 23.9. The maximum atomic E-state index is 15.1. The Balaban J connectivity index is 1.41. The fraction of sp³-hybridized carbons (Fsp3) is 0.314. The third-order valence-corrected chi connectivity index (χ3v) is 9.89. The Morgan fingerprint density at radius 1 is 0.902 bits per heavy atom. The Bertz CT molecular complexity index is 2030. The predicted molar refractivity (Wildman–Crippen MR) is 171 cm³/mol. The molecule has 0 unspecified atom stereocenters. The van der Waals surface area contributed by atoms with E-state index in [9.17, 15) is 36.2 Å². The lowest BCUT2D eigenvalue weighted by Crippen LogP contribution is -2.30. The van der Waals surface area contributed by atoms with Crippen LogP contribution in [-0.4, -0.2) is 51.3 Å². The molecule has 6 rings (SSSR count). The van der Waals surface area contributed by atoms with Crippen molar-refractivity contribution < 1.29 is 54.5 Å². The topological polar surface area (TPSA) is 84.8 Å². The summed E-state index contributed by atoms with van der Waals surface area (Å²) < 4.78 is 122. The summed E-state index contributed by atoms with van der Waals surface area (Å²) in [7, 11) is 0.382. The number of nitrogens with zero attached hydrogens (tertiary/aromatic N) is 3. The Hall–Kier alpha value is -4.62. The van der Waals surface area contributed by atoms with E-state index in [4.69, 9.17) is 9.47 Å². The van der Waals surface area contributed by atoms with Crippen LogP contribution in [0.1, 0.15) is 57.8 Å². The van der Waals surface area contributed by atoms with Gasteiger partial charge in [-0.05, 0) is 79.8 Å². The third kappa shape index (κ3) is 7.01. The van der Waals surface area contributed by atoms with Gasteiger partial charge in [0.2, 0.25) is 5.88 Å². The third-order valence-electron chi connectivity index (χ3n) is 8.88. The van der Waals surface area contributed by atoms with Crippen molar-refractivity contribution in [2.24, 2.45) is 0 Å². The van der Waals surface area contributed by atoms with Crippen LogP contribution in [0.4, 0.5) is 39.9 Å². The monoisotopic (exact) mass is 737 g/mol. The van der Waals surface area contributed by atoms with E-state index in [0.29, 0.717) is 53.4 Å². The Labute approximate surface area is 287 Å². The first-order valence-electron chi connectivity index (χ1n) is 15.4. The van der Waals surface area contributed by atoms with Crippen LogP contribution in [0.2, 0.25) is 0 Å². The van der Waals surface area contributed by atoms with Crippen LogP contribution >= 0.6 is 8.20 Å². The molecule has 2 aromatic heterocycles. The summed E-state index contributed by atoms with van der Waals surface area (Å²) in [6.45, 7) is 3.41. The average molecular weight is 738 g/mol. The van der Waals surface area contributed by atoms with Crippen molar-refractivity contribution >= 4 is 19.8 Å². The number of benzene rings is 2. The SMILES string of the molecule is COc1ncc(-c2c(C)cc(/C(O)=P\C(F)(F)c3cccc(C(F)(F)F)c3)cc2C)cc1-c1ncc(C(F)(F)F)cc1[C@@H]1CC[C@H]2COC(=O)N21. The van der Waals surface area contributed by atoms with Crippen molar-refractivity contribution in [2.75, 3.05) is 13.7 Å². The Kier molecular flexibility index (Phi) is 9.34. The van der Waals surface area contributed by atoms with E-state index < -0.39 is 60.5 Å². The number of hydrogen-bond donors (Lipinski definition) is 1. The molecule has 2 saturated heterocycles. The van der Waals surface area contributed by atoms with Gasteiger partial charge in [0.05, 0.1) is 41.6 Å². The molecule has 51 heavy (non-hydrogen) atoms. The van der Waals surface area contributed by atoms with Crippen LogP contribution in [0.5, 0.6) is 5.88 Å². The highest BCUT2D eigenvalue weighted by Gasteiger charge is 2.46. The van der Waals surface area contributed by atoms with Crippen LogP contribution < -0.4 is 4.74 Å². The zero-order chi connectivity index (χ0) is 37.0. The molecule has 2 atom stereocenters. The van der Waals surface area contributed by atoms with Gasteiger partial charge in [-0.3, -0.25) is 9.88 Å². The van der Waals surface area contributed by atoms with E-state index in [1.54, 1.807) is 19.9 Å². The molecule has 0 bridgehead atoms. The van der Waals surface area contributed by atoms with Crippen LogP contribution in [0.3, 0.4) is 0 Å². The number of aromatic nitrogens is 2. The number of pyridine rings is 2. The number of ether oxygens (including phenoxy) is 2. The molecule has 2 aliphatic rings. The van der Waals surface area contributed by atoms with Gasteiger partial charge in [0.15, 0.2) is 0 Å². The quantitative estimate of drug-likeness (QED) is 0.150. The van der Waals surface area contributed by atoms with E-state index >= 15 is 8.78 Å². The van der Waals surface area contributed by atoms with Crippen molar-refractivity contribution in [2.45, 2.75) is 56.8 Å². The molecule has 4 aromatic rings. The molecule has 0 aliphatic carbocycles. The van der Waals surface area contributed by atoms with Gasteiger partial charge >= 0.3 is 24.1 Å². The van der Waals surface area contributed by atoms with Crippen LogP contribution in [0.15, 0.2) is 60.9 Å². The minimum absolute atomic E-state index is 0.00346. The van der Waals surface area contributed by atoms with Crippen LogP contribution in [-0.2, 0) is 22.8 Å². The molecule has 1 amide bonds. The summed E-state index contributed by atoms with van der Waals surface area (Å²) in [5, 5.41) is 10.8. The summed E-state index contributed by atoms with van der Waals surface area (Å²) in [6, 6.07) is 7.10. The van der Waals surface area contributed by atoms with E-state index in [0.717, 1.165) is 18.2 Å². The van der Waals surface area contributed by atoms with E-state index in [2.05, 4.69) is 9.97 Å². The van der Waals surface area contributed by atoms with Crippen molar-refractivity contribution in [3.63, 3.8) is 0 Å². The number of rotatable bonds is 7. The minimum atomic E-state index is -4.83. The van der Waals surface area contributed by atoms with Gasteiger partial charge in [0.25, 0.3) is 0 Å². The van der Waals surface area contributed by atoms with Gasteiger partial charge in [-0.25, -0.2) is 9.78 Å². The standard InChI is InChI=1S/C35H28F8N3O4P/c1-17-9-19(31(47)51-35(42,43)22-6-4-5-21(12-22)33(36,37)38)10-18(2)28(17)20-11-26(30(49-3)45-14-20)29-25(13-23(15-44-29)34(39,40)41)27-8-7-24-16-50-32(48)46(24)27/h4-6,9-15,24,27,47H,7-8,16H2,1-3H3/t24-,27-/m0/s1. The number of aryl methyl sites for hydroxylation is 2. The molecule has 0 saturated carbocycles. The molecule has 1 N–H and O–H groups in total. The number of hydrogen-bond acceptors (Lipinski definition) is 5. The smallest absolute Gasteiger partial charge is 0.417 e. The molecule has 268 valence electrons. The summed E-state index contributed by atoms with van der Waals surface area (Å²) in [5.41, 5.74) is -5.35. The normalized spacial score (nSPS) is 18.2. The first-order valence-corrected chi connectivity index (χ1v) is 16.3. The molecule has 16 heteroatoms. The van der Waals surface area contributed by atoms with E-state index in [1.807, 2.05) is 0 Å². The van der Waals surface area contributed by atoms with E-state index in [1.165, 1.54) is 30.3 Å². The lowest BCUT2D eigenvalue weighted by atomic mass is 9.92. The lowest BCUT2D eigenvalue weighted by molar-refractivity contribution is -0.138. The number of halogens is 8. The Morgan fingerprint density at radius 2 is 1.57 bits per heavy atom. The van der Waals surface area contributed by atoms with Gasteiger partial charge in [-0.1, -0.05) is 12.1 Å². The van der Waals surface area contributed by atoms with Crippen molar-refractivity contribution in [3.05, 3.63) is 99.9 Å². The van der Waals surface area contributed by atoms with Crippen molar-refractivity contribution in [3.8, 4) is 28.3 Å². The number of aliphatic hydroxyl groups excluding tert-OH is 1. The number of cyclic esters (lactones) is 1. The molecule has 0 spiro atoms. The molecule has 4 heterocycles. The highest BCUT2D eigenvalue weighted by atomic mass is 31.1. The van der Waals surface area contributed by atoms with Gasteiger partial charge in [0, 0.05) is 42.9 Å². The largest absolute Gasteiger partial charge is 0.481 e. The van der Waals surface area contributed by atoms with E-state index in [-0.39, 0.29) is 40.9 Å². The van der Waals surface area contributed by atoms with Crippen LogP contribution in [0.25, 0.3) is 22.4 Å². The molecule has 7 nitrogen and oxygen atoms in total. The number of alkyl halides is 8. The fourth-order valence-corrected chi connectivity index (χ4v) is 7.39. The minimum Gasteiger partial charge on any atom is -0.481 e. The zero-order valence-corrected chi connectivity index (χ0v) is 27.9. The predicted octanol–water partition coefficient (Wildman–Crippen LogP) is 9.68. The molecule has 0 radical (unpaired) electrons. The summed E-state index contributed by atoms with van der Waals surface area (Å²) in [4.78, 5) is 22.6. The molecule has 2 aliphatic heterocycles. The number of carbonyl (C=O) groups is 1. The summed E-state index contributed by atoms with van der Waals surface area (Å²) >= 11 is 0. The zero-order valence-electron chi connectivity index (χ0n) is 27.0. The Morgan fingerprint density at radius 3 is 2.22 bits per heavy atom. The lowest BCUT2D eigenvalue weighted by Gasteiger charge is -2.25. The average Bonchev–Trinajstić information content (AvgIpc) is 3.65. The second kappa shape index (κ2) is 13.2. The second-order valence-electron chi connectivity index (χ2n) is 12.2. The maximum Gasteiger partial charge on any atom is 0.417 e. The number of aliphatic hydroxyl groups is 1. The number of methoxy groups -OCH3 is 1. The molecular weight excluding hydrogens is 709 g/mol. The maximum absolute atomic E-state index is 15.1. The molecular formula is C35H28F8N3O4P. The number of amides is 1. The van der Waals surface area contributed by atoms with Gasteiger partial charge in [-0.2, -0.15) is 35.1 Å². The first kappa shape index (κ1) is 36.2. The highest BCUT2D eigenvalue weighted by molar-refractivity contribution is 7.41. The van der Waals surface area contributed by atoms with Crippen molar-refractivity contribution in [1.82, 2.24) is 14.9 Å². The van der Waals surface area contributed by atoms with Gasteiger partial charge in [0.1, 0.15) is 12.1 Å². The number of fused-ring (bicyclic) bond motifs is 1. The van der Waals surface area contributed by atoms with Gasteiger partial charge in [-0.15, -0.1) is 0 Å². The highest BCUT2D eigenvalue weighted by Crippen LogP contribution is 2.47. The summed E-state index contributed by atoms with van der Waals surface area (Å²) in [5.74, 6) is 0.0410. The van der Waals surface area contributed by atoms with Gasteiger partial charge < -0.3 is 14.6 Å². The fourth-order valence-electron chi connectivity index (χ4n) is 6.60. The van der Waals surface area contributed by atoms with Crippen LogP contribution in [0, 0.1) is 13.8 Å². The molecule has 2 fully saturated rings. The summed E-state index contributed by atoms with van der Waals surface area (Å²) in [6.07, 6.45) is -7.16.